The number of sulfonamides is 1. The van der Waals surface area contributed by atoms with E-state index in [9.17, 15) is 8.42 Å². The van der Waals surface area contributed by atoms with Gasteiger partial charge in [0.1, 0.15) is 12.1 Å². The normalized spacial score (nSPS) is 11.2. The molecule has 0 fully saturated rings. The maximum Gasteiger partial charge on any atom is 0.238 e. The van der Waals surface area contributed by atoms with E-state index in [2.05, 4.69) is 25.9 Å². The average molecular weight is 465 g/mol. The van der Waals surface area contributed by atoms with Crippen molar-refractivity contribution in [2.24, 2.45) is 5.14 Å². The largest absolute Gasteiger partial charge is 0.340 e. The van der Waals surface area contributed by atoms with Crippen LogP contribution in [0.25, 0.3) is 10.9 Å². The molecule has 0 spiro atoms. The second-order valence-corrected chi connectivity index (χ2v) is 9.07. The van der Waals surface area contributed by atoms with Crippen molar-refractivity contribution in [3.05, 3.63) is 78.6 Å². The van der Waals surface area contributed by atoms with E-state index in [1.807, 2.05) is 49.4 Å². The summed E-state index contributed by atoms with van der Waals surface area (Å²) in [6, 6.07) is 19.7. The molecule has 4 rings (SSSR count). The molecule has 4 aromatic rings. The number of rotatable bonds is 5. The summed E-state index contributed by atoms with van der Waals surface area (Å²) in [5.41, 5.74) is 4.24. The quantitative estimate of drug-likeness (QED) is 0.325. The molecule has 3 aromatic carbocycles. The number of anilines is 4. The van der Waals surface area contributed by atoms with Gasteiger partial charge in [-0.3, -0.25) is 0 Å². The van der Waals surface area contributed by atoms with Gasteiger partial charge in [0.25, 0.3) is 0 Å². The van der Waals surface area contributed by atoms with Crippen LogP contribution in [0.3, 0.4) is 0 Å². The Kier molecular flexibility index (Phi) is 5.99. The number of nitrogens with zero attached hydrogens (tertiary/aromatic N) is 2. The molecule has 0 bridgehead atoms. The Labute approximate surface area is 191 Å². The first-order chi connectivity index (χ1) is 15.3. The highest BCUT2D eigenvalue weighted by molar-refractivity contribution is 7.89. The maximum atomic E-state index is 11.4. The van der Waals surface area contributed by atoms with Crippen LogP contribution in [0, 0.1) is 6.92 Å². The van der Waals surface area contributed by atoms with Gasteiger partial charge >= 0.3 is 0 Å². The predicted molar refractivity (Wildman–Crippen MR) is 132 cm³/mol. The molecule has 5 N–H and O–H groups in total. The Hall–Kier alpha value is -3.60. The van der Waals surface area contributed by atoms with E-state index >= 15 is 0 Å². The van der Waals surface area contributed by atoms with Gasteiger partial charge in [-0.05, 0) is 79.3 Å². The van der Waals surface area contributed by atoms with Crippen LogP contribution in [0.1, 0.15) is 5.56 Å². The lowest BCUT2D eigenvalue weighted by Crippen LogP contribution is -2.19. The summed E-state index contributed by atoms with van der Waals surface area (Å²) in [7, 11) is -3.74. The second-order valence-electron chi connectivity index (χ2n) is 7.10. The molecule has 162 valence electrons. The molecule has 1 aromatic heterocycles. The maximum absolute atomic E-state index is 11.4. The Morgan fingerprint density at radius 2 is 1.62 bits per heavy atom. The molecule has 0 atom stereocenters. The van der Waals surface area contributed by atoms with Crippen molar-refractivity contribution in [2.75, 3.05) is 16.0 Å². The minimum absolute atomic E-state index is 0.0325. The average Bonchev–Trinajstić information content (AvgIpc) is 2.74. The molecule has 0 radical (unpaired) electrons. The van der Waals surface area contributed by atoms with Crippen molar-refractivity contribution in [2.45, 2.75) is 11.8 Å². The molecule has 10 heteroatoms. The van der Waals surface area contributed by atoms with Crippen LogP contribution in [0.4, 0.5) is 22.9 Å². The van der Waals surface area contributed by atoms with Crippen molar-refractivity contribution in [3.8, 4) is 0 Å². The highest BCUT2D eigenvalue weighted by atomic mass is 32.2. The van der Waals surface area contributed by atoms with Crippen LogP contribution in [-0.2, 0) is 10.0 Å². The summed E-state index contributed by atoms with van der Waals surface area (Å²) in [4.78, 5) is 8.75. The van der Waals surface area contributed by atoms with Gasteiger partial charge in [-0.15, -0.1) is 0 Å². The van der Waals surface area contributed by atoms with Crippen LogP contribution in [-0.4, -0.2) is 23.5 Å². The molecule has 0 saturated carbocycles. The third-order valence-electron chi connectivity index (χ3n) is 4.61. The topological polar surface area (TPSA) is 122 Å². The van der Waals surface area contributed by atoms with Gasteiger partial charge in [0.15, 0.2) is 5.11 Å². The van der Waals surface area contributed by atoms with Crippen LogP contribution in [0.5, 0.6) is 0 Å². The minimum atomic E-state index is -3.74. The van der Waals surface area contributed by atoms with Gasteiger partial charge < -0.3 is 16.0 Å². The van der Waals surface area contributed by atoms with E-state index in [-0.39, 0.29) is 4.90 Å². The molecule has 0 saturated heterocycles. The van der Waals surface area contributed by atoms with E-state index < -0.39 is 10.0 Å². The molecular weight excluding hydrogens is 444 g/mol. The molecule has 8 nitrogen and oxygen atoms in total. The van der Waals surface area contributed by atoms with E-state index in [0.717, 1.165) is 27.8 Å². The lowest BCUT2D eigenvalue weighted by Gasteiger charge is -2.13. The highest BCUT2D eigenvalue weighted by Gasteiger charge is 2.09. The van der Waals surface area contributed by atoms with Crippen molar-refractivity contribution in [1.29, 1.82) is 0 Å². The fraction of sp³-hybridized carbons (Fsp3) is 0.0455. The number of nitrogens with two attached hydrogens (primary N) is 1. The molecule has 0 aliphatic heterocycles. The van der Waals surface area contributed by atoms with Crippen molar-refractivity contribution in [1.82, 2.24) is 9.97 Å². The lowest BCUT2D eigenvalue weighted by molar-refractivity contribution is 0.598. The van der Waals surface area contributed by atoms with Crippen LogP contribution < -0.4 is 21.1 Å². The first-order valence-electron chi connectivity index (χ1n) is 9.57. The van der Waals surface area contributed by atoms with Gasteiger partial charge in [-0.25, -0.2) is 23.5 Å². The summed E-state index contributed by atoms with van der Waals surface area (Å²) in [5.74, 6) is 0.682. The Balaban J connectivity index is 1.52. The standard InChI is InChI=1S/C22H20N6O2S2/c1-14-3-2-4-16(11-14)26-21-19-12-17(7-10-20(19)24-13-25-21)28-22(31)27-15-5-8-18(9-6-15)32(23,29)30/h2-13H,1H3,(H2,23,29,30)(H,24,25,26)(H2,27,28,31). The summed E-state index contributed by atoms with van der Waals surface area (Å²) in [5, 5.41) is 15.8. The molecular formula is C22H20N6O2S2. The highest BCUT2D eigenvalue weighted by Crippen LogP contribution is 2.26. The molecule has 32 heavy (non-hydrogen) atoms. The molecule has 0 unspecified atom stereocenters. The smallest absolute Gasteiger partial charge is 0.238 e. The summed E-state index contributed by atoms with van der Waals surface area (Å²) >= 11 is 5.39. The number of hydrogen-bond donors (Lipinski definition) is 4. The second kappa shape index (κ2) is 8.87. The number of aryl methyl sites for hydroxylation is 1. The van der Waals surface area contributed by atoms with Crippen LogP contribution in [0.15, 0.2) is 78.0 Å². The number of hydrogen-bond acceptors (Lipinski definition) is 6. The Morgan fingerprint density at radius 3 is 2.34 bits per heavy atom. The van der Waals surface area contributed by atoms with Gasteiger partial charge in [0.05, 0.1) is 10.4 Å². The van der Waals surface area contributed by atoms with Gasteiger partial charge in [-0.2, -0.15) is 0 Å². The van der Waals surface area contributed by atoms with Gasteiger partial charge in [0.2, 0.25) is 10.0 Å². The number of thiocarbonyl (C=S) groups is 1. The molecule has 0 amide bonds. The zero-order valence-electron chi connectivity index (χ0n) is 17.0. The third kappa shape index (κ3) is 5.17. The number of fused-ring (bicyclic) bond motifs is 1. The Bertz CT molecular complexity index is 1410. The van der Waals surface area contributed by atoms with Gasteiger partial charge in [0, 0.05) is 22.4 Å². The zero-order chi connectivity index (χ0) is 22.7. The van der Waals surface area contributed by atoms with Gasteiger partial charge in [-0.1, -0.05) is 12.1 Å². The predicted octanol–water partition coefficient (Wildman–Crippen LogP) is 4.14. The lowest BCUT2D eigenvalue weighted by atomic mass is 10.2. The fourth-order valence-electron chi connectivity index (χ4n) is 3.11. The zero-order valence-corrected chi connectivity index (χ0v) is 18.7. The van der Waals surface area contributed by atoms with Crippen molar-refractivity contribution in [3.63, 3.8) is 0 Å². The number of primary sulfonamides is 1. The van der Waals surface area contributed by atoms with Crippen LogP contribution >= 0.6 is 12.2 Å². The van der Waals surface area contributed by atoms with Crippen molar-refractivity contribution >= 4 is 61.1 Å². The molecule has 0 aliphatic rings. The number of nitrogens with one attached hydrogen (secondary N) is 3. The molecule has 0 aliphatic carbocycles. The first-order valence-corrected chi connectivity index (χ1v) is 11.5. The van der Waals surface area contributed by atoms with E-state index in [4.69, 9.17) is 17.4 Å². The minimum Gasteiger partial charge on any atom is -0.340 e. The summed E-state index contributed by atoms with van der Waals surface area (Å²) < 4.78 is 22.8. The SMILES string of the molecule is Cc1cccc(Nc2ncnc3ccc(NC(=S)Nc4ccc(S(N)(=O)=O)cc4)cc23)c1. The van der Waals surface area contributed by atoms with E-state index in [1.54, 1.807) is 12.1 Å². The first kappa shape index (κ1) is 21.6. The molecule has 1 heterocycles. The third-order valence-corrected chi connectivity index (χ3v) is 5.75. The Morgan fingerprint density at radius 1 is 0.906 bits per heavy atom. The van der Waals surface area contributed by atoms with Crippen LogP contribution in [0.2, 0.25) is 0 Å². The van der Waals surface area contributed by atoms with E-state index in [0.29, 0.717) is 16.6 Å². The number of aromatic nitrogens is 2. The fourth-order valence-corrected chi connectivity index (χ4v) is 3.87. The van der Waals surface area contributed by atoms with E-state index in [1.165, 1.54) is 18.5 Å². The number of benzene rings is 3. The summed E-state index contributed by atoms with van der Waals surface area (Å²) in [6.45, 7) is 2.03. The summed E-state index contributed by atoms with van der Waals surface area (Å²) in [6.07, 6.45) is 1.52. The van der Waals surface area contributed by atoms with Crippen molar-refractivity contribution < 1.29 is 8.42 Å². The monoisotopic (exact) mass is 464 g/mol.